The number of anilines is 2. The number of rotatable bonds is 4. The van der Waals surface area contributed by atoms with E-state index in [2.05, 4.69) is 5.32 Å². The van der Waals surface area contributed by atoms with Crippen molar-refractivity contribution in [3.05, 3.63) is 70.9 Å². The van der Waals surface area contributed by atoms with E-state index < -0.39 is 5.91 Å². The lowest BCUT2D eigenvalue weighted by molar-refractivity contribution is -0.112. The Balaban J connectivity index is 2.20. The fraction of sp³-hybridized carbons (Fsp3) is 0.111. The average Bonchev–Trinajstić information content (AvgIpc) is 2.56. The van der Waals surface area contributed by atoms with Crippen molar-refractivity contribution in [1.29, 1.82) is 5.26 Å². The van der Waals surface area contributed by atoms with Crippen LogP contribution in [-0.2, 0) is 4.79 Å². The highest BCUT2D eigenvalue weighted by Gasteiger charge is 2.12. The minimum Gasteiger partial charge on any atom is -0.350 e. The van der Waals surface area contributed by atoms with Crippen LogP contribution < -0.4 is 10.2 Å². The number of benzene rings is 2. The van der Waals surface area contributed by atoms with E-state index in [-0.39, 0.29) is 5.57 Å². The highest BCUT2D eigenvalue weighted by atomic mass is 35.5. The Morgan fingerprint density at radius 3 is 2.61 bits per heavy atom. The Hall–Kier alpha value is -2.77. The van der Waals surface area contributed by atoms with Gasteiger partial charge in [0.05, 0.1) is 0 Å². The van der Waals surface area contributed by atoms with E-state index in [1.54, 1.807) is 24.1 Å². The van der Waals surface area contributed by atoms with Gasteiger partial charge in [0.1, 0.15) is 11.6 Å². The van der Waals surface area contributed by atoms with Crippen molar-refractivity contribution in [3.63, 3.8) is 0 Å². The largest absolute Gasteiger partial charge is 0.350 e. The first-order valence-corrected chi connectivity index (χ1v) is 7.36. The molecule has 0 unspecified atom stereocenters. The van der Waals surface area contributed by atoms with E-state index in [9.17, 15) is 10.1 Å². The smallest absolute Gasteiger partial charge is 0.267 e. The van der Waals surface area contributed by atoms with Crippen LogP contribution in [0, 0.1) is 18.3 Å². The van der Waals surface area contributed by atoms with Crippen molar-refractivity contribution in [2.45, 2.75) is 6.92 Å². The van der Waals surface area contributed by atoms with Gasteiger partial charge in [-0.15, -0.1) is 0 Å². The molecule has 0 bridgehead atoms. The molecule has 1 amide bonds. The molecule has 0 radical (unpaired) electrons. The van der Waals surface area contributed by atoms with E-state index >= 15 is 0 Å². The van der Waals surface area contributed by atoms with Gasteiger partial charge in [-0.3, -0.25) is 4.79 Å². The van der Waals surface area contributed by atoms with Crippen molar-refractivity contribution >= 4 is 28.9 Å². The molecule has 0 atom stereocenters. The first-order valence-electron chi connectivity index (χ1n) is 6.98. The molecule has 4 nitrogen and oxygen atoms in total. The second-order valence-corrected chi connectivity index (χ2v) is 5.45. The number of carbonyl (C=O) groups is 1. The van der Waals surface area contributed by atoms with E-state index in [1.807, 2.05) is 49.4 Å². The van der Waals surface area contributed by atoms with Gasteiger partial charge in [0, 0.05) is 29.6 Å². The van der Waals surface area contributed by atoms with Gasteiger partial charge in [-0.25, -0.2) is 0 Å². The Morgan fingerprint density at radius 1 is 1.26 bits per heavy atom. The third-order valence-corrected chi connectivity index (χ3v) is 3.53. The second-order valence-electron chi connectivity index (χ2n) is 5.01. The maximum absolute atomic E-state index is 12.3. The van der Waals surface area contributed by atoms with Crippen molar-refractivity contribution in [2.24, 2.45) is 0 Å². The monoisotopic (exact) mass is 325 g/mol. The normalized spacial score (nSPS) is 10.8. The van der Waals surface area contributed by atoms with Crippen molar-refractivity contribution in [1.82, 2.24) is 0 Å². The minimum absolute atomic E-state index is 0.00993. The molecule has 116 valence electrons. The van der Waals surface area contributed by atoms with Gasteiger partial charge < -0.3 is 10.2 Å². The number of nitrogens with one attached hydrogen (secondary N) is 1. The first-order chi connectivity index (χ1) is 11.0. The molecular weight excluding hydrogens is 310 g/mol. The summed E-state index contributed by atoms with van der Waals surface area (Å²) in [6.07, 6.45) is 1.50. The predicted molar refractivity (Wildman–Crippen MR) is 93.4 cm³/mol. The third-order valence-electron chi connectivity index (χ3n) is 3.30. The molecule has 0 spiro atoms. The maximum atomic E-state index is 12.3. The zero-order valence-corrected chi connectivity index (χ0v) is 13.6. The molecular formula is C18H16ClN3O. The zero-order chi connectivity index (χ0) is 16.8. The average molecular weight is 326 g/mol. The fourth-order valence-electron chi connectivity index (χ4n) is 1.99. The summed E-state index contributed by atoms with van der Waals surface area (Å²) in [7, 11) is 1.78. The van der Waals surface area contributed by atoms with Crippen molar-refractivity contribution in [2.75, 3.05) is 17.3 Å². The lowest BCUT2D eigenvalue weighted by Crippen LogP contribution is -2.18. The first kappa shape index (κ1) is 16.6. The molecule has 0 saturated heterocycles. The van der Waals surface area contributed by atoms with Crippen LogP contribution in [-0.4, -0.2) is 13.0 Å². The van der Waals surface area contributed by atoms with Crippen LogP contribution >= 0.6 is 11.6 Å². The number of aryl methyl sites for hydroxylation is 1. The molecule has 2 rings (SSSR count). The number of nitrogens with zero attached hydrogens (tertiary/aromatic N) is 2. The van der Waals surface area contributed by atoms with Gasteiger partial charge in [-0.2, -0.15) is 5.26 Å². The number of hydrogen-bond donors (Lipinski definition) is 1. The number of halogens is 1. The summed E-state index contributed by atoms with van der Waals surface area (Å²) in [4.78, 5) is 14.0. The minimum atomic E-state index is -0.472. The highest BCUT2D eigenvalue weighted by molar-refractivity contribution is 6.31. The molecule has 0 aliphatic rings. The summed E-state index contributed by atoms with van der Waals surface area (Å²) < 4.78 is 0. The second kappa shape index (κ2) is 7.48. The van der Waals surface area contributed by atoms with Crippen LogP contribution in [0.15, 0.2) is 60.3 Å². The van der Waals surface area contributed by atoms with Crippen LogP contribution in [0.25, 0.3) is 0 Å². The molecule has 0 saturated carbocycles. The van der Waals surface area contributed by atoms with Gasteiger partial charge in [-0.1, -0.05) is 35.9 Å². The Labute approximate surface area is 140 Å². The summed E-state index contributed by atoms with van der Waals surface area (Å²) in [5.74, 6) is -0.472. The maximum Gasteiger partial charge on any atom is 0.267 e. The number of hydrogen-bond acceptors (Lipinski definition) is 3. The van der Waals surface area contributed by atoms with Crippen LogP contribution in [0.4, 0.5) is 11.4 Å². The van der Waals surface area contributed by atoms with Gasteiger partial charge >= 0.3 is 0 Å². The Bertz CT molecular complexity index is 779. The number of carbonyl (C=O) groups excluding carboxylic acids is 1. The summed E-state index contributed by atoms with van der Waals surface area (Å²) in [5, 5.41) is 12.5. The van der Waals surface area contributed by atoms with Gasteiger partial charge in [0.25, 0.3) is 5.91 Å². The van der Waals surface area contributed by atoms with Gasteiger partial charge in [-0.05, 0) is 36.8 Å². The molecule has 5 heteroatoms. The summed E-state index contributed by atoms with van der Waals surface area (Å²) in [6, 6.07) is 16.6. The fourth-order valence-corrected chi connectivity index (χ4v) is 2.16. The number of amides is 1. The summed E-state index contributed by atoms with van der Waals surface area (Å²) in [6.45, 7) is 1.86. The topological polar surface area (TPSA) is 56.1 Å². The van der Waals surface area contributed by atoms with E-state index in [1.165, 1.54) is 6.20 Å². The van der Waals surface area contributed by atoms with Gasteiger partial charge in [0.2, 0.25) is 0 Å². The van der Waals surface area contributed by atoms with E-state index in [0.29, 0.717) is 10.7 Å². The molecule has 2 aromatic carbocycles. The molecule has 1 N–H and O–H groups in total. The summed E-state index contributed by atoms with van der Waals surface area (Å²) in [5.41, 5.74) is 2.35. The van der Waals surface area contributed by atoms with E-state index in [0.717, 1.165) is 11.3 Å². The predicted octanol–water partition coefficient (Wildman–Crippen LogP) is 4.13. The molecule has 23 heavy (non-hydrogen) atoms. The molecule has 0 aliphatic carbocycles. The molecule has 2 aromatic rings. The molecule has 0 aliphatic heterocycles. The highest BCUT2D eigenvalue weighted by Crippen LogP contribution is 2.21. The lowest BCUT2D eigenvalue weighted by atomic mass is 10.2. The van der Waals surface area contributed by atoms with Crippen LogP contribution in [0.5, 0.6) is 0 Å². The SMILES string of the molecule is Cc1ccc(Cl)cc1NC(=O)/C(C#N)=C\N(C)c1ccccc1. The Kier molecular flexibility index (Phi) is 5.40. The summed E-state index contributed by atoms with van der Waals surface area (Å²) >= 11 is 5.94. The van der Waals surface area contributed by atoms with Crippen LogP contribution in [0.3, 0.4) is 0 Å². The zero-order valence-electron chi connectivity index (χ0n) is 12.9. The molecule has 0 fully saturated rings. The quantitative estimate of drug-likeness (QED) is 0.679. The number of para-hydroxylation sites is 1. The van der Waals surface area contributed by atoms with E-state index in [4.69, 9.17) is 11.6 Å². The lowest BCUT2D eigenvalue weighted by Gasteiger charge is -2.15. The van der Waals surface area contributed by atoms with Gasteiger partial charge in [0.15, 0.2) is 0 Å². The van der Waals surface area contributed by atoms with Crippen molar-refractivity contribution < 1.29 is 4.79 Å². The molecule has 0 aromatic heterocycles. The number of nitriles is 1. The Morgan fingerprint density at radius 2 is 1.96 bits per heavy atom. The van der Waals surface area contributed by atoms with Crippen LogP contribution in [0.1, 0.15) is 5.56 Å². The molecule has 0 heterocycles. The standard InChI is InChI=1S/C18H16ClN3O/c1-13-8-9-15(19)10-17(13)21-18(23)14(11-20)12-22(2)16-6-4-3-5-7-16/h3-10,12H,1-2H3,(H,21,23)/b14-12-. The van der Waals surface area contributed by atoms with Crippen LogP contribution in [0.2, 0.25) is 5.02 Å². The third kappa shape index (κ3) is 4.35. The van der Waals surface area contributed by atoms with Crippen molar-refractivity contribution in [3.8, 4) is 6.07 Å².